The van der Waals surface area contributed by atoms with E-state index in [-0.39, 0.29) is 12.5 Å². The van der Waals surface area contributed by atoms with Crippen LogP contribution in [0.3, 0.4) is 0 Å². The molecule has 6 nitrogen and oxygen atoms in total. The van der Waals surface area contributed by atoms with Crippen LogP contribution in [0.5, 0.6) is 11.5 Å². The first-order valence-corrected chi connectivity index (χ1v) is 9.87. The molecule has 0 radical (unpaired) electrons. The zero-order valence-corrected chi connectivity index (χ0v) is 18.3. The summed E-state index contributed by atoms with van der Waals surface area (Å²) in [6.45, 7) is 3.74. The van der Waals surface area contributed by atoms with Crippen LogP contribution in [-0.4, -0.2) is 30.4 Å². The lowest BCUT2D eigenvalue weighted by molar-refractivity contribution is -0.123. The number of aromatic nitrogens is 1. The molecule has 0 saturated heterocycles. The Kier molecular flexibility index (Phi) is 7.03. The van der Waals surface area contributed by atoms with Gasteiger partial charge in [-0.25, -0.2) is 5.43 Å². The molecular formula is C22H21Cl2N3O3. The zero-order valence-electron chi connectivity index (χ0n) is 16.8. The topological polar surface area (TPSA) is 64.8 Å². The summed E-state index contributed by atoms with van der Waals surface area (Å²) >= 11 is 12.3. The van der Waals surface area contributed by atoms with Crippen molar-refractivity contribution in [1.29, 1.82) is 0 Å². The van der Waals surface area contributed by atoms with Crippen LogP contribution in [0.15, 0.2) is 53.6 Å². The molecule has 0 aliphatic rings. The summed E-state index contributed by atoms with van der Waals surface area (Å²) in [6, 6.07) is 14.4. The summed E-state index contributed by atoms with van der Waals surface area (Å²) in [5.74, 6) is 0.665. The van der Waals surface area contributed by atoms with Crippen molar-refractivity contribution in [2.24, 2.45) is 5.10 Å². The lowest BCUT2D eigenvalue weighted by Crippen LogP contribution is -2.24. The number of carbonyl (C=O) groups excluding carboxylic acids is 1. The van der Waals surface area contributed by atoms with Gasteiger partial charge in [-0.2, -0.15) is 5.10 Å². The number of rotatable bonds is 7. The van der Waals surface area contributed by atoms with E-state index in [1.54, 1.807) is 37.6 Å². The number of amides is 1. The molecule has 0 unspecified atom stereocenters. The third-order valence-electron chi connectivity index (χ3n) is 4.40. The van der Waals surface area contributed by atoms with Gasteiger partial charge in [0.05, 0.1) is 13.3 Å². The lowest BCUT2D eigenvalue weighted by Gasteiger charge is -2.10. The second-order valence-corrected chi connectivity index (χ2v) is 7.40. The zero-order chi connectivity index (χ0) is 21.7. The van der Waals surface area contributed by atoms with Gasteiger partial charge in [-0.05, 0) is 50.2 Å². The van der Waals surface area contributed by atoms with E-state index in [4.69, 9.17) is 32.7 Å². The number of hydrogen-bond acceptors (Lipinski definition) is 4. The predicted octanol–water partition coefficient (Wildman–Crippen LogP) is 4.94. The number of ether oxygens (including phenoxy) is 2. The Balaban J connectivity index is 1.66. The summed E-state index contributed by atoms with van der Waals surface area (Å²) in [7, 11) is 1.54. The van der Waals surface area contributed by atoms with Crippen molar-refractivity contribution in [3.63, 3.8) is 0 Å². The maximum Gasteiger partial charge on any atom is 0.277 e. The van der Waals surface area contributed by atoms with Gasteiger partial charge in [0.15, 0.2) is 18.1 Å². The van der Waals surface area contributed by atoms with Gasteiger partial charge in [-0.1, -0.05) is 35.3 Å². The van der Waals surface area contributed by atoms with Gasteiger partial charge in [0.1, 0.15) is 0 Å². The molecule has 1 amide bonds. The normalized spacial score (nSPS) is 11.0. The Morgan fingerprint density at radius 2 is 1.77 bits per heavy atom. The van der Waals surface area contributed by atoms with Gasteiger partial charge >= 0.3 is 0 Å². The highest BCUT2D eigenvalue weighted by molar-refractivity contribution is 6.34. The lowest BCUT2D eigenvalue weighted by atomic mass is 10.2. The second kappa shape index (κ2) is 9.69. The Morgan fingerprint density at radius 1 is 1.10 bits per heavy atom. The minimum absolute atomic E-state index is 0.183. The van der Waals surface area contributed by atoms with Crippen molar-refractivity contribution in [2.75, 3.05) is 13.7 Å². The number of para-hydroxylation sites is 2. The molecule has 0 bridgehead atoms. The second-order valence-electron chi connectivity index (χ2n) is 6.52. The molecule has 2 aromatic carbocycles. The highest BCUT2D eigenvalue weighted by Crippen LogP contribution is 2.26. The number of aryl methyl sites for hydroxylation is 1. The van der Waals surface area contributed by atoms with Crippen LogP contribution in [0.25, 0.3) is 5.69 Å². The maximum absolute atomic E-state index is 12.0. The number of carbonyl (C=O) groups is 1. The van der Waals surface area contributed by atoms with E-state index in [1.807, 2.05) is 42.7 Å². The molecule has 0 fully saturated rings. The van der Waals surface area contributed by atoms with E-state index >= 15 is 0 Å². The van der Waals surface area contributed by atoms with Gasteiger partial charge in [0, 0.05) is 32.7 Å². The molecule has 156 valence electrons. The fourth-order valence-corrected chi connectivity index (χ4v) is 3.59. The minimum atomic E-state index is -0.382. The molecule has 30 heavy (non-hydrogen) atoms. The van der Waals surface area contributed by atoms with Crippen LogP contribution in [0.2, 0.25) is 10.0 Å². The van der Waals surface area contributed by atoms with E-state index in [9.17, 15) is 4.79 Å². The fourth-order valence-electron chi connectivity index (χ4n) is 3.07. The summed E-state index contributed by atoms with van der Waals surface area (Å²) < 4.78 is 12.7. The van der Waals surface area contributed by atoms with Crippen LogP contribution in [-0.2, 0) is 4.79 Å². The third-order valence-corrected chi connectivity index (χ3v) is 4.83. The monoisotopic (exact) mass is 445 g/mol. The molecule has 1 aromatic heterocycles. The first-order chi connectivity index (χ1) is 14.4. The predicted molar refractivity (Wildman–Crippen MR) is 119 cm³/mol. The molecule has 0 aliphatic carbocycles. The number of nitrogens with zero attached hydrogens (tertiary/aromatic N) is 2. The maximum atomic E-state index is 12.0. The highest BCUT2D eigenvalue weighted by atomic mass is 35.5. The van der Waals surface area contributed by atoms with Gasteiger partial charge in [-0.15, -0.1) is 0 Å². The van der Waals surface area contributed by atoms with Crippen molar-refractivity contribution >= 4 is 35.3 Å². The number of hydrogen-bond donors (Lipinski definition) is 1. The molecule has 3 rings (SSSR count). The van der Waals surface area contributed by atoms with Gasteiger partial charge in [0.25, 0.3) is 5.91 Å². The number of nitrogens with one attached hydrogen (secondary N) is 1. The van der Waals surface area contributed by atoms with E-state index in [1.165, 1.54) is 0 Å². The highest BCUT2D eigenvalue weighted by Gasteiger charge is 2.11. The Hall–Kier alpha value is -2.96. The average Bonchev–Trinajstić information content (AvgIpc) is 2.99. The van der Waals surface area contributed by atoms with Crippen molar-refractivity contribution in [1.82, 2.24) is 9.99 Å². The van der Waals surface area contributed by atoms with Gasteiger partial charge in [0.2, 0.25) is 0 Å². The average molecular weight is 446 g/mol. The summed E-state index contributed by atoms with van der Waals surface area (Å²) in [5, 5.41) is 5.15. The van der Waals surface area contributed by atoms with E-state index in [2.05, 4.69) is 10.5 Å². The van der Waals surface area contributed by atoms with Crippen molar-refractivity contribution in [3.8, 4) is 17.2 Å². The molecule has 0 aliphatic heterocycles. The summed E-state index contributed by atoms with van der Waals surface area (Å²) in [4.78, 5) is 12.0. The molecule has 8 heteroatoms. The van der Waals surface area contributed by atoms with Crippen LogP contribution in [0, 0.1) is 13.8 Å². The summed E-state index contributed by atoms with van der Waals surface area (Å²) in [5.41, 5.74) is 6.10. The smallest absolute Gasteiger partial charge is 0.277 e. The Bertz CT molecular complexity index is 1070. The molecule has 3 aromatic rings. The number of halogens is 2. The van der Waals surface area contributed by atoms with Crippen molar-refractivity contribution in [3.05, 3.63) is 75.5 Å². The molecule has 1 N–H and O–H groups in total. The molecule has 0 spiro atoms. The van der Waals surface area contributed by atoms with Crippen LogP contribution in [0.1, 0.15) is 17.0 Å². The third kappa shape index (κ3) is 5.14. The Morgan fingerprint density at radius 3 is 2.43 bits per heavy atom. The van der Waals surface area contributed by atoms with Crippen molar-refractivity contribution < 1.29 is 14.3 Å². The molecular weight excluding hydrogens is 425 g/mol. The van der Waals surface area contributed by atoms with Crippen LogP contribution in [0.4, 0.5) is 0 Å². The number of methoxy groups -OCH3 is 1. The Labute approximate surface area is 185 Å². The molecule has 0 atom stereocenters. The fraction of sp³-hybridized carbons (Fsp3) is 0.182. The minimum Gasteiger partial charge on any atom is -0.493 e. The van der Waals surface area contributed by atoms with Crippen LogP contribution >= 0.6 is 23.2 Å². The van der Waals surface area contributed by atoms with E-state index < -0.39 is 0 Å². The molecule has 0 saturated carbocycles. The van der Waals surface area contributed by atoms with Crippen molar-refractivity contribution in [2.45, 2.75) is 13.8 Å². The van der Waals surface area contributed by atoms with E-state index in [0.29, 0.717) is 21.5 Å². The van der Waals surface area contributed by atoms with E-state index in [0.717, 1.165) is 22.6 Å². The quantitative estimate of drug-likeness (QED) is 0.413. The standard InChI is InChI=1S/C22H21Cl2N3O3/c1-14-8-16(15(2)27(14)19-10-17(23)9-18(24)11-19)12-25-26-22(28)13-30-21-7-5-4-6-20(21)29-3/h4-12H,13H2,1-3H3,(H,26,28)/b25-12+. The number of hydrazone groups is 1. The first-order valence-electron chi connectivity index (χ1n) is 9.12. The SMILES string of the molecule is COc1ccccc1OCC(=O)N/N=C/c1cc(C)n(-c2cc(Cl)cc(Cl)c2)c1C. The van der Waals surface area contributed by atoms with Crippen LogP contribution < -0.4 is 14.9 Å². The van der Waals surface area contributed by atoms with Gasteiger partial charge < -0.3 is 14.0 Å². The first kappa shape index (κ1) is 21.7. The summed E-state index contributed by atoms with van der Waals surface area (Å²) in [6.07, 6.45) is 1.59. The molecule has 1 heterocycles. The number of benzene rings is 2. The largest absolute Gasteiger partial charge is 0.493 e. The van der Waals surface area contributed by atoms with Gasteiger partial charge in [-0.3, -0.25) is 4.79 Å².